The number of oxazole rings is 1. The number of aromatic nitrogens is 1. The van der Waals surface area contributed by atoms with E-state index >= 15 is 0 Å². The number of hydrogen-bond donors (Lipinski definition) is 1. The van der Waals surface area contributed by atoms with E-state index in [9.17, 15) is 14.9 Å². The van der Waals surface area contributed by atoms with Gasteiger partial charge in [0.1, 0.15) is 0 Å². The molecule has 0 fully saturated rings. The third-order valence-corrected chi connectivity index (χ3v) is 3.82. The van der Waals surface area contributed by atoms with Crippen molar-refractivity contribution in [3.05, 3.63) is 74.3 Å². The summed E-state index contributed by atoms with van der Waals surface area (Å²) in [6.07, 6.45) is 2.90. The van der Waals surface area contributed by atoms with Gasteiger partial charge in [-0.25, -0.2) is 4.98 Å². The largest absolute Gasteiger partial charge is 0.444 e. The molecule has 2 aromatic carbocycles. The van der Waals surface area contributed by atoms with Crippen molar-refractivity contribution in [2.75, 3.05) is 5.32 Å². The molecule has 0 radical (unpaired) electrons. The third kappa shape index (κ3) is 3.59. The van der Waals surface area contributed by atoms with E-state index in [-0.39, 0.29) is 11.3 Å². The molecule has 0 bridgehead atoms. The Kier molecular flexibility index (Phi) is 4.56. The first kappa shape index (κ1) is 16.1. The molecule has 7 nitrogen and oxygen atoms in total. The molecule has 3 rings (SSSR count). The second kappa shape index (κ2) is 6.79. The zero-order valence-electron chi connectivity index (χ0n) is 12.1. The first-order valence-corrected chi connectivity index (χ1v) is 7.86. The van der Waals surface area contributed by atoms with Gasteiger partial charge in [0.2, 0.25) is 0 Å². The van der Waals surface area contributed by atoms with Crippen molar-refractivity contribution >= 4 is 39.9 Å². The summed E-state index contributed by atoms with van der Waals surface area (Å²) >= 11 is 1.94. The van der Waals surface area contributed by atoms with E-state index in [1.165, 1.54) is 18.5 Å². The lowest BCUT2D eigenvalue weighted by atomic mass is 10.1. The minimum absolute atomic E-state index is 0.123. The van der Waals surface area contributed by atoms with Crippen LogP contribution in [0.1, 0.15) is 10.4 Å². The second-order valence-corrected chi connectivity index (χ2v) is 6.10. The molecular weight excluding hydrogens is 425 g/mol. The van der Waals surface area contributed by atoms with Crippen LogP contribution in [0.2, 0.25) is 0 Å². The normalized spacial score (nSPS) is 10.4. The lowest BCUT2D eigenvalue weighted by Gasteiger charge is -2.07. The maximum absolute atomic E-state index is 12.4. The molecule has 0 atom stereocenters. The molecule has 1 amide bonds. The molecule has 0 aliphatic heterocycles. The Morgan fingerprint density at radius 3 is 2.79 bits per heavy atom. The van der Waals surface area contributed by atoms with Crippen molar-refractivity contribution in [2.24, 2.45) is 0 Å². The van der Waals surface area contributed by atoms with E-state index in [4.69, 9.17) is 4.42 Å². The van der Waals surface area contributed by atoms with Gasteiger partial charge in [-0.1, -0.05) is 12.1 Å². The molecular formula is C16H10IN3O4. The maximum Gasteiger partial charge on any atom is 0.271 e. The number of nitrogens with one attached hydrogen (secondary N) is 1. The third-order valence-electron chi connectivity index (χ3n) is 3.19. The van der Waals surface area contributed by atoms with Crippen LogP contribution in [0.15, 0.2) is 59.5 Å². The van der Waals surface area contributed by atoms with Gasteiger partial charge in [0, 0.05) is 32.5 Å². The van der Waals surface area contributed by atoms with Gasteiger partial charge >= 0.3 is 0 Å². The van der Waals surface area contributed by atoms with E-state index < -0.39 is 10.8 Å². The predicted octanol–water partition coefficient (Wildman–Crippen LogP) is 4.11. The van der Waals surface area contributed by atoms with Crippen LogP contribution in [-0.4, -0.2) is 15.8 Å². The first-order chi connectivity index (χ1) is 11.5. The highest BCUT2D eigenvalue weighted by Crippen LogP contribution is 2.23. The van der Waals surface area contributed by atoms with Gasteiger partial charge in [0.25, 0.3) is 11.6 Å². The zero-order chi connectivity index (χ0) is 17.1. The van der Waals surface area contributed by atoms with E-state index in [1.807, 2.05) is 28.7 Å². The highest BCUT2D eigenvalue weighted by Gasteiger charge is 2.14. The molecule has 8 heteroatoms. The SMILES string of the molecule is O=C(Nc1cccc(-c2cnco2)c1)c1cc(I)cc([N+](=O)[O-])c1. The number of carbonyl (C=O) groups excluding carboxylic acids is 1. The van der Waals surface area contributed by atoms with Crippen LogP contribution in [0, 0.1) is 13.7 Å². The minimum atomic E-state index is -0.524. The van der Waals surface area contributed by atoms with Crippen LogP contribution in [0.4, 0.5) is 11.4 Å². The highest BCUT2D eigenvalue weighted by atomic mass is 127. The molecule has 1 N–H and O–H groups in total. The molecule has 0 saturated carbocycles. The number of anilines is 1. The smallest absolute Gasteiger partial charge is 0.271 e. The van der Waals surface area contributed by atoms with Crippen LogP contribution in [-0.2, 0) is 0 Å². The summed E-state index contributed by atoms with van der Waals surface area (Å²) in [5.74, 6) is 0.155. The van der Waals surface area contributed by atoms with E-state index in [0.29, 0.717) is 15.0 Å². The van der Waals surface area contributed by atoms with Crippen molar-refractivity contribution in [1.82, 2.24) is 4.98 Å². The Morgan fingerprint density at radius 1 is 1.25 bits per heavy atom. The van der Waals surface area contributed by atoms with Crippen molar-refractivity contribution in [3.8, 4) is 11.3 Å². The molecule has 1 heterocycles. The maximum atomic E-state index is 12.4. The number of halogens is 1. The molecule has 1 aromatic heterocycles. The average molecular weight is 435 g/mol. The molecule has 24 heavy (non-hydrogen) atoms. The van der Waals surface area contributed by atoms with Gasteiger partial charge in [0.05, 0.1) is 11.1 Å². The number of hydrogen-bond acceptors (Lipinski definition) is 5. The number of nitro benzene ring substituents is 1. The summed E-state index contributed by atoms with van der Waals surface area (Å²) in [6.45, 7) is 0. The fourth-order valence-corrected chi connectivity index (χ4v) is 2.78. The molecule has 0 aliphatic rings. The number of carbonyl (C=O) groups is 1. The number of nitro groups is 1. The summed E-state index contributed by atoms with van der Waals surface area (Å²) in [7, 11) is 0. The summed E-state index contributed by atoms with van der Waals surface area (Å²) in [4.78, 5) is 26.6. The standard InChI is InChI=1S/C16H10IN3O4/c17-12-4-11(6-14(7-12)20(22)23)16(21)19-13-3-1-2-10(5-13)15-8-18-9-24-15/h1-9H,(H,19,21). The molecule has 0 saturated heterocycles. The van der Waals surface area contributed by atoms with Crippen molar-refractivity contribution in [2.45, 2.75) is 0 Å². The molecule has 0 unspecified atom stereocenters. The van der Waals surface area contributed by atoms with Gasteiger partial charge in [0.15, 0.2) is 12.2 Å². The van der Waals surface area contributed by atoms with Crippen molar-refractivity contribution < 1.29 is 14.1 Å². The number of amides is 1. The quantitative estimate of drug-likeness (QED) is 0.378. The van der Waals surface area contributed by atoms with Crippen molar-refractivity contribution in [1.29, 1.82) is 0 Å². The zero-order valence-corrected chi connectivity index (χ0v) is 14.3. The van der Waals surface area contributed by atoms with E-state index in [0.717, 1.165) is 5.56 Å². The average Bonchev–Trinajstić information content (AvgIpc) is 3.09. The fraction of sp³-hybridized carbons (Fsp3) is 0. The minimum Gasteiger partial charge on any atom is -0.444 e. The lowest BCUT2D eigenvalue weighted by molar-refractivity contribution is -0.385. The number of benzene rings is 2. The van der Waals surface area contributed by atoms with Crippen molar-refractivity contribution in [3.63, 3.8) is 0 Å². The van der Waals surface area contributed by atoms with Crippen LogP contribution in [0.3, 0.4) is 0 Å². The summed E-state index contributed by atoms with van der Waals surface area (Å²) in [6, 6.07) is 11.3. The predicted molar refractivity (Wildman–Crippen MR) is 95.7 cm³/mol. The van der Waals surface area contributed by atoms with Gasteiger partial charge in [-0.2, -0.15) is 0 Å². The van der Waals surface area contributed by atoms with Gasteiger partial charge in [-0.3, -0.25) is 14.9 Å². The summed E-state index contributed by atoms with van der Waals surface area (Å²) in [5, 5.41) is 13.6. The number of rotatable bonds is 4. The van der Waals surface area contributed by atoms with E-state index in [2.05, 4.69) is 10.3 Å². The molecule has 3 aromatic rings. The molecule has 0 spiro atoms. The topological polar surface area (TPSA) is 98.3 Å². The Labute approximate surface area is 150 Å². The Morgan fingerprint density at radius 2 is 2.08 bits per heavy atom. The number of non-ortho nitro benzene ring substituents is 1. The lowest BCUT2D eigenvalue weighted by Crippen LogP contribution is -2.12. The number of nitrogens with zero attached hydrogens (tertiary/aromatic N) is 2. The van der Waals surface area contributed by atoms with Crippen LogP contribution in [0.25, 0.3) is 11.3 Å². The Bertz CT molecular complexity index is 909. The Hall–Kier alpha value is -2.75. The van der Waals surface area contributed by atoms with Crippen LogP contribution in [0.5, 0.6) is 0 Å². The summed E-state index contributed by atoms with van der Waals surface area (Å²) in [5.41, 5.74) is 1.41. The molecule has 120 valence electrons. The second-order valence-electron chi connectivity index (χ2n) is 4.86. The van der Waals surface area contributed by atoms with E-state index in [1.54, 1.807) is 30.5 Å². The van der Waals surface area contributed by atoms with Crippen LogP contribution < -0.4 is 5.32 Å². The van der Waals surface area contributed by atoms with Gasteiger partial charge in [-0.15, -0.1) is 0 Å². The van der Waals surface area contributed by atoms with Gasteiger partial charge in [-0.05, 0) is 40.8 Å². The fourth-order valence-electron chi connectivity index (χ4n) is 2.12. The van der Waals surface area contributed by atoms with Gasteiger partial charge < -0.3 is 9.73 Å². The highest BCUT2D eigenvalue weighted by molar-refractivity contribution is 14.1. The monoisotopic (exact) mass is 435 g/mol. The Balaban J connectivity index is 1.85. The summed E-state index contributed by atoms with van der Waals surface area (Å²) < 4.78 is 5.84. The van der Waals surface area contributed by atoms with Crippen LogP contribution >= 0.6 is 22.6 Å². The molecule has 0 aliphatic carbocycles. The first-order valence-electron chi connectivity index (χ1n) is 6.78.